The Morgan fingerprint density at radius 1 is 1.07 bits per heavy atom. The molecule has 1 N–H and O–H groups in total. The monoisotopic (exact) mass is 454 g/mol. The highest BCUT2D eigenvalue weighted by Crippen LogP contribution is 2.33. The maximum absolute atomic E-state index is 12.6. The molecule has 4 rings (SSSR count). The number of nitrogens with zero attached hydrogens (tertiary/aromatic N) is 1. The van der Waals surface area contributed by atoms with E-state index in [4.69, 9.17) is 16.0 Å². The maximum Gasteiger partial charge on any atom is 0.255 e. The standard InChI is InChI=1S/C22H16BrClN2O2/c1-12-3-6-16(13(2)9-12)21(27)25-15-5-8-20-19(11-15)26-22(28-20)17-10-14(23)4-7-18(17)24/h3-11H,1-2H3,(H,25,27). The minimum absolute atomic E-state index is 0.157. The number of halogens is 2. The van der Waals surface area contributed by atoms with Gasteiger partial charge in [0.25, 0.3) is 5.91 Å². The summed E-state index contributed by atoms with van der Waals surface area (Å²) >= 11 is 9.71. The number of carbonyl (C=O) groups excluding carboxylic acids is 1. The van der Waals surface area contributed by atoms with Gasteiger partial charge in [-0.15, -0.1) is 0 Å². The molecule has 0 radical (unpaired) electrons. The van der Waals surface area contributed by atoms with E-state index in [9.17, 15) is 4.79 Å². The SMILES string of the molecule is Cc1ccc(C(=O)Nc2ccc3oc(-c4cc(Br)ccc4Cl)nc3c2)c(C)c1. The van der Waals surface area contributed by atoms with Crippen LogP contribution in [0.25, 0.3) is 22.6 Å². The molecule has 0 saturated carbocycles. The molecular formula is C22H16BrClN2O2. The lowest BCUT2D eigenvalue weighted by Gasteiger charge is -2.08. The molecule has 1 aromatic heterocycles. The highest BCUT2D eigenvalue weighted by atomic mass is 79.9. The third-order valence-electron chi connectivity index (χ3n) is 4.43. The smallest absolute Gasteiger partial charge is 0.255 e. The van der Waals surface area contributed by atoms with E-state index >= 15 is 0 Å². The number of carbonyl (C=O) groups is 1. The Bertz CT molecular complexity index is 1220. The van der Waals surface area contributed by atoms with E-state index in [1.165, 1.54) is 0 Å². The number of benzene rings is 3. The predicted octanol–water partition coefficient (Wildman–Crippen LogP) is 6.78. The van der Waals surface area contributed by atoms with Gasteiger partial charge in [0, 0.05) is 15.7 Å². The maximum atomic E-state index is 12.6. The predicted molar refractivity (Wildman–Crippen MR) is 116 cm³/mol. The summed E-state index contributed by atoms with van der Waals surface area (Å²) < 4.78 is 6.72. The molecule has 4 nitrogen and oxygen atoms in total. The summed E-state index contributed by atoms with van der Waals surface area (Å²) in [6, 6.07) is 16.6. The molecular weight excluding hydrogens is 440 g/mol. The molecule has 4 aromatic rings. The molecule has 0 spiro atoms. The van der Waals surface area contributed by atoms with Crippen LogP contribution in [0.4, 0.5) is 5.69 Å². The van der Waals surface area contributed by atoms with Gasteiger partial charge < -0.3 is 9.73 Å². The zero-order chi connectivity index (χ0) is 19.8. The summed E-state index contributed by atoms with van der Waals surface area (Å²) in [5, 5.41) is 3.48. The second kappa shape index (κ2) is 7.41. The van der Waals surface area contributed by atoms with E-state index in [0.29, 0.717) is 38.8 Å². The van der Waals surface area contributed by atoms with Crippen molar-refractivity contribution in [1.29, 1.82) is 0 Å². The zero-order valence-corrected chi connectivity index (χ0v) is 17.6. The van der Waals surface area contributed by atoms with Crippen molar-refractivity contribution in [1.82, 2.24) is 4.98 Å². The first kappa shape index (κ1) is 18.7. The summed E-state index contributed by atoms with van der Waals surface area (Å²) in [4.78, 5) is 17.1. The number of aromatic nitrogens is 1. The Kier molecular flexibility index (Phi) is 4.96. The summed E-state index contributed by atoms with van der Waals surface area (Å²) in [6.07, 6.45) is 0. The van der Waals surface area contributed by atoms with Crippen molar-refractivity contribution in [3.05, 3.63) is 80.8 Å². The summed E-state index contributed by atoms with van der Waals surface area (Å²) in [7, 11) is 0. The van der Waals surface area contributed by atoms with Gasteiger partial charge in [0.15, 0.2) is 5.58 Å². The van der Waals surface area contributed by atoms with E-state index < -0.39 is 0 Å². The van der Waals surface area contributed by atoms with Crippen molar-refractivity contribution in [2.45, 2.75) is 13.8 Å². The van der Waals surface area contributed by atoms with E-state index in [2.05, 4.69) is 26.2 Å². The van der Waals surface area contributed by atoms with Crippen LogP contribution in [0.5, 0.6) is 0 Å². The van der Waals surface area contributed by atoms with E-state index in [0.717, 1.165) is 15.6 Å². The van der Waals surface area contributed by atoms with Crippen LogP contribution >= 0.6 is 27.5 Å². The summed E-state index contributed by atoms with van der Waals surface area (Å²) in [5.41, 5.74) is 5.32. The van der Waals surface area contributed by atoms with Crippen molar-refractivity contribution in [3.8, 4) is 11.5 Å². The van der Waals surface area contributed by atoms with Crippen molar-refractivity contribution in [2.75, 3.05) is 5.32 Å². The average Bonchev–Trinajstić information content (AvgIpc) is 3.06. The van der Waals surface area contributed by atoms with Crippen molar-refractivity contribution < 1.29 is 9.21 Å². The first-order valence-electron chi connectivity index (χ1n) is 8.65. The highest BCUT2D eigenvalue weighted by molar-refractivity contribution is 9.10. The molecule has 6 heteroatoms. The number of oxazole rings is 1. The number of anilines is 1. The van der Waals surface area contributed by atoms with Crippen LogP contribution in [-0.2, 0) is 0 Å². The fraction of sp³-hybridized carbons (Fsp3) is 0.0909. The molecule has 0 aliphatic carbocycles. The van der Waals surface area contributed by atoms with Gasteiger partial charge in [-0.2, -0.15) is 0 Å². The van der Waals surface area contributed by atoms with Gasteiger partial charge in [-0.1, -0.05) is 45.2 Å². The Morgan fingerprint density at radius 3 is 2.68 bits per heavy atom. The number of hydrogen-bond acceptors (Lipinski definition) is 3. The van der Waals surface area contributed by atoms with Gasteiger partial charge in [0.2, 0.25) is 5.89 Å². The lowest BCUT2D eigenvalue weighted by molar-refractivity contribution is 0.102. The summed E-state index contributed by atoms with van der Waals surface area (Å²) in [5.74, 6) is 0.273. The lowest BCUT2D eigenvalue weighted by atomic mass is 10.1. The Hall–Kier alpha value is -2.63. The van der Waals surface area contributed by atoms with Gasteiger partial charge in [0.1, 0.15) is 5.52 Å². The van der Waals surface area contributed by atoms with E-state index in [1.807, 2.05) is 44.2 Å². The molecule has 1 amide bonds. The lowest BCUT2D eigenvalue weighted by Crippen LogP contribution is -2.13. The first-order valence-corrected chi connectivity index (χ1v) is 9.82. The van der Waals surface area contributed by atoms with Gasteiger partial charge in [-0.05, 0) is 61.9 Å². The number of aryl methyl sites for hydroxylation is 2. The zero-order valence-electron chi connectivity index (χ0n) is 15.2. The third-order valence-corrected chi connectivity index (χ3v) is 5.25. The number of amides is 1. The Labute approximate surface area is 175 Å². The van der Waals surface area contributed by atoms with Gasteiger partial charge in [-0.3, -0.25) is 4.79 Å². The second-order valence-electron chi connectivity index (χ2n) is 6.60. The van der Waals surface area contributed by atoms with Gasteiger partial charge >= 0.3 is 0 Å². The number of rotatable bonds is 3. The molecule has 1 heterocycles. The van der Waals surface area contributed by atoms with Crippen molar-refractivity contribution >= 4 is 50.2 Å². The molecule has 0 saturated heterocycles. The number of nitrogens with one attached hydrogen (secondary N) is 1. The normalized spacial score (nSPS) is 11.0. The highest BCUT2D eigenvalue weighted by Gasteiger charge is 2.14. The topological polar surface area (TPSA) is 55.1 Å². The number of hydrogen-bond donors (Lipinski definition) is 1. The second-order valence-corrected chi connectivity index (χ2v) is 7.92. The van der Waals surface area contributed by atoms with Crippen LogP contribution in [-0.4, -0.2) is 10.9 Å². The molecule has 0 fully saturated rings. The van der Waals surface area contributed by atoms with E-state index in [-0.39, 0.29) is 5.91 Å². The van der Waals surface area contributed by atoms with Crippen LogP contribution in [0.2, 0.25) is 5.02 Å². The Morgan fingerprint density at radius 2 is 1.89 bits per heavy atom. The van der Waals surface area contributed by atoms with Crippen LogP contribution in [0, 0.1) is 13.8 Å². The molecule has 0 atom stereocenters. The van der Waals surface area contributed by atoms with Crippen LogP contribution in [0.3, 0.4) is 0 Å². The number of fused-ring (bicyclic) bond motifs is 1. The van der Waals surface area contributed by atoms with Crippen molar-refractivity contribution in [3.63, 3.8) is 0 Å². The fourth-order valence-electron chi connectivity index (χ4n) is 3.05. The van der Waals surface area contributed by atoms with Gasteiger partial charge in [-0.25, -0.2) is 4.98 Å². The molecule has 0 bridgehead atoms. The molecule has 0 aliphatic rings. The third kappa shape index (κ3) is 3.68. The average molecular weight is 456 g/mol. The first-order chi connectivity index (χ1) is 13.4. The molecule has 28 heavy (non-hydrogen) atoms. The quantitative estimate of drug-likeness (QED) is 0.370. The minimum Gasteiger partial charge on any atom is -0.436 e. The largest absolute Gasteiger partial charge is 0.436 e. The van der Waals surface area contributed by atoms with Crippen LogP contribution < -0.4 is 5.32 Å². The molecule has 140 valence electrons. The molecule has 0 aliphatic heterocycles. The minimum atomic E-state index is -0.157. The fourth-order valence-corrected chi connectivity index (χ4v) is 3.61. The van der Waals surface area contributed by atoms with E-state index in [1.54, 1.807) is 24.3 Å². The molecule has 0 unspecified atom stereocenters. The van der Waals surface area contributed by atoms with Crippen LogP contribution in [0.15, 0.2) is 63.5 Å². The summed E-state index contributed by atoms with van der Waals surface area (Å²) in [6.45, 7) is 3.93. The van der Waals surface area contributed by atoms with Crippen molar-refractivity contribution in [2.24, 2.45) is 0 Å². The Balaban J connectivity index is 1.65. The van der Waals surface area contributed by atoms with Gasteiger partial charge in [0.05, 0.1) is 10.6 Å². The van der Waals surface area contributed by atoms with Crippen LogP contribution in [0.1, 0.15) is 21.5 Å². The molecule has 3 aromatic carbocycles.